The number of hydrogen-bond donors (Lipinski definition) is 1. The molecule has 1 aliphatic heterocycles. The summed E-state index contributed by atoms with van der Waals surface area (Å²) in [5.41, 5.74) is 1.12. The molecule has 2 atom stereocenters. The van der Waals surface area contributed by atoms with Gasteiger partial charge in [-0.15, -0.1) is 11.3 Å². The normalized spacial score (nSPS) is 19.4. The first-order chi connectivity index (χ1) is 10.6. The molecule has 7 heteroatoms. The van der Waals surface area contributed by atoms with Crippen molar-refractivity contribution in [3.63, 3.8) is 0 Å². The maximum atomic E-state index is 12.6. The van der Waals surface area contributed by atoms with Crippen LogP contribution in [0.4, 0.5) is 0 Å². The maximum absolute atomic E-state index is 12.6. The Hall–Kier alpha value is -1.86. The Morgan fingerprint density at radius 3 is 3.14 bits per heavy atom. The minimum Gasteiger partial charge on any atom is -0.393 e. The lowest BCUT2D eigenvalue weighted by Gasteiger charge is -2.24. The molecular formula is C15H18N4O2S. The molecule has 0 saturated carbocycles. The van der Waals surface area contributed by atoms with Gasteiger partial charge < -0.3 is 10.0 Å². The van der Waals surface area contributed by atoms with Crippen LogP contribution < -0.4 is 0 Å². The van der Waals surface area contributed by atoms with Crippen molar-refractivity contribution in [1.82, 2.24) is 19.9 Å². The lowest BCUT2D eigenvalue weighted by atomic mass is 10.1. The molecule has 2 aromatic heterocycles. The molecule has 116 valence electrons. The zero-order valence-electron chi connectivity index (χ0n) is 12.3. The quantitative estimate of drug-likeness (QED) is 0.932. The van der Waals surface area contributed by atoms with E-state index in [0.29, 0.717) is 22.8 Å². The topological polar surface area (TPSA) is 79.2 Å². The number of carbonyl (C=O) groups is 1. The molecule has 3 rings (SSSR count). The average Bonchev–Trinajstić information content (AvgIpc) is 3.16. The first-order valence-electron chi connectivity index (χ1n) is 7.36. The second-order valence-corrected chi connectivity index (χ2v) is 6.37. The summed E-state index contributed by atoms with van der Waals surface area (Å²) >= 11 is 1.39. The molecule has 22 heavy (non-hydrogen) atoms. The van der Waals surface area contributed by atoms with E-state index in [-0.39, 0.29) is 11.9 Å². The number of thiazole rings is 1. The van der Waals surface area contributed by atoms with Crippen LogP contribution in [-0.4, -0.2) is 49.6 Å². The third-order valence-corrected chi connectivity index (χ3v) is 4.62. The minimum absolute atomic E-state index is 0.0606. The summed E-state index contributed by atoms with van der Waals surface area (Å²) in [7, 11) is 0. The van der Waals surface area contributed by atoms with E-state index < -0.39 is 6.10 Å². The fourth-order valence-electron chi connectivity index (χ4n) is 2.79. The van der Waals surface area contributed by atoms with Crippen LogP contribution in [0.2, 0.25) is 0 Å². The number of aromatic nitrogens is 3. The van der Waals surface area contributed by atoms with Gasteiger partial charge in [0.05, 0.1) is 12.3 Å². The van der Waals surface area contributed by atoms with Crippen molar-refractivity contribution in [3.05, 3.63) is 29.7 Å². The van der Waals surface area contributed by atoms with Crippen LogP contribution in [0.25, 0.3) is 10.7 Å². The second kappa shape index (κ2) is 6.50. The Bertz CT molecular complexity index is 644. The maximum Gasteiger partial charge on any atom is 0.273 e. The highest BCUT2D eigenvalue weighted by atomic mass is 32.1. The molecule has 1 amide bonds. The highest BCUT2D eigenvalue weighted by Gasteiger charge is 2.31. The van der Waals surface area contributed by atoms with Crippen LogP contribution in [0.15, 0.2) is 24.0 Å². The van der Waals surface area contributed by atoms with E-state index in [1.54, 1.807) is 30.9 Å². The standard InChI is InChI=1S/C15H18N4O2S/c1-10(20)7-11-3-2-6-19(11)15(21)13-9-22-14(18-13)12-8-16-4-5-17-12/h4-5,8-11,20H,2-3,6-7H2,1H3. The Kier molecular flexibility index (Phi) is 4.44. The summed E-state index contributed by atoms with van der Waals surface area (Å²) in [6.07, 6.45) is 6.99. The van der Waals surface area contributed by atoms with Gasteiger partial charge in [0.25, 0.3) is 5.91 Å². The monoisotopic (exact) mass is 318 g/mol. The number of likely N-dealkylation sites (tertiary alicyclic amines) is 1. The fraction of sp³-hybridized carbons (Fsp3) is 0.467. The van der Waals surface area contributed by atoms with Crippen molar-refractivity contribution in [2.75, 3.05) is 6.54 Å². The molecule has 0 spiro atoms. The number of aliphatic hydroxyl groups is 1. The van der Waals surface area contributed by atoms with Gasteiger partial charge in [-0.2, -0.15) is 0 Å². The SMILES string of the molecule is CC(O)CC1CCCN1C(=O)c1csc(-c2cnccn2)n1. The van der Waals surface area contributed by atoms with E-state index in [9.17, 15) is 9.90 Å². The van der Waals surface area contributed by atoms with Crippen LogP contribution in [0.5, 0.6) is 0 Å². The van der Waals surface area contributed by atoms with Crippen molar-refractivity contribution >= 4 is 17.2 Å². The molecule has 2 aromatic rings. The van der Waals surface area contributed by atoms with Gasteiger partial charge in [-0.3, -0.25) is 14.8 Å². The zero-order chi connectivity index (χ0) is 15.5. The molecule has 1 saturated heterocycles. The van der Waals surface area contributed by atoms with Gasteiger partial charge in [0.15, 0.2) is 0 Å². The summed E-state index contributed by atoms with van der Waals surface area (Å²) in [4.78, 5) is 27.1. The van der Waals surface area contributed by atoms with E-state index in [0.717, 1.165) is 19.4 Å². The zero-order valence-corrected chi connectivity index (χ0v) is 13.2. The van der Waals surface area contributed by atoms with E-state index in [1.807, 2.05) is 4.90 Å². The Morgan fingerprint density at radius 2 is 2.41 bits per heavy atom. The number of nitrogens with zero attached hydrogens (tertiary/aromatic N) is 4. The molecule has 0 aromatic carbocycles. The number of aliphatic hydroxyl groups excluding tert-OH is 1. The van der Waals surface area contributed by atoms with E-state index in [1.165, 1.54) is 11.3 Å². The summed E-state index contributed by atoms with van der Waals surface area (Å²) in [6, 6.07) is 0.106. The third-order valence-electron chi connectivity index (χ3n) is 3.76. The Labute approximate surface area is 132 Å². The predicted octanol–water partition coefficient (Wildman–Crippen LogP) is 1.98. The highest BCUT2D eigenvalue weighted by Crippen LogP contribution is 2.26. The summed E-state index contributed by atoms with van der Waals surface area (Å²) < 4.78 is 0. The van der Waals surface area contributed by atoms with Gasteiger partial charge in [-0.05, 0) is 26.2 Å². The molecule has 0 radical (unpaired) electrons. The lowest BCUT2D eigenvalue weighted by Crippen LogP contribution is -2.37. The van der Waals surface area contributed by atoms with Gasteiger partial charge in [0.1, 0.15) is 16.4 Å². The van der Waals surface area contributed by atoms with Gasteiger partial charge >= 0.3 is 0 Å². The van der Waals surface area contributed by atoms with E-state index >= 15 is 0 Å². The van der Waals surface area contributed by atoms with Crippen molar-refractivity contribution in [2.24, 2.45) is 0 Å². The van der Waals surface area contributed by atoms with Gasteiger partial charge in [0.2, 0.25) is 0 Å². The molecule has 2 unspecified atom stereocenters. The van der Waals surface area contributed by atoms with E-state index in [2.05, 4.69) is 15.0 Å². The predicted molar refractivity (Wildman–Crippen MR) is 83.5 cm³/mol. The molecule has 0 bridgehead atoms. The van der Waals surface area contributed by atoms with Crippen LogP contribution in [-0.2, 0) is 0 Å². The number of amides is 1. The molecule has 1 fully saturated rings. The lowest BCUT2D eigenvalue weighted by molar-refractivity contribution is 0.0677. The van der Waals surface area contributed by atoms with Gasteiger partial charge in [-0.1, -0.05) is 0 Å². The second-order valence-electron chi connectivity index (χ2n) is 5.51. The van der Waals surface area contributed by atoms with Crippen LogP contribution in [0.3, 0.4) is 0 Å². The van der Waals surface area contributed by atoms with Gasteiger partial charge in [-0.25, -0.2) is 4.98 Å². The summed E-state index contributed by atoms with van der Waals surface area (Å²) in [6.45, 7) is 2.49. The fourth-order valence-corrected chi connectivity index (χ4v) is 3.54. The number of hydrogen-bond acceptors (Lipinski definition) is 6. The average molecular weight is 318 g/mol. The van der Waals surface area contributed by atoms with Gasteiger partial charge in [0, 0.05) is 30.4 Å². The molecule has 3 heterocycles. The third kappa shape index (κ3) is 3.15. The van der Waals surface area contributed by atoms with Crippen molar-refractivity contribution in [2.45, 2.75) is 38.3 Å². The highest BCUT2D eigenvalue weighted by molar-refractivity contribution is 7.13. The smallest absolute Gasteiger partial charge is 0.273 e. The molecular weight excluding hydrogens is 300 g/mol. The number of rotatable bonds is 4. The summed E-state index contributed by atoms with van der Waals surface area (Å²) in [5.74, 6) is -0.0606. The number of carbonyl (C=O) groups excluding carboxylic acids is 1. The van der Waals surface area contributed by atoms with Crippen molar-refractivity contribution in [3.8, 4) is 10.7 Å². The minimum atomic E-state index is -0.399. The Balaban J connectivity index is 1.77. The molecule has 0 aliphatic carbocycles. The van der Waals surface area contributed by atoms with E-state index in [4.69, 9.17) is 0 Å². The van der Waals surface area contributed by atoms with Crippen LogP contribution >= 0.6 is 11.3 Å². The van der Waals surface area contributed by atoms with Crippen molar-refractivity contribution in [1.29, 1.82) is 0 Å². The first kappa shape index (κ1) is 15.1. The molecule has 6 nitrogen and oxygen atoms in total. The Morgan fingerprint density at radius 1 is 1.55 bits per heavy atom. The van der Waals surface area contributed by atoms with Crippen LogP contribution in [0, 0.1) is 0 Å². The first-order valence-corrected chi connectivity index (χ1v) is 8.24. The van der Waals surface area contributed by atoms with Crippen molar-refractivity contribution < 1.29 is 9.90 Å². The summed E-state index contributed by atoms with van der Waals surface area (Å²) in [5, 5.41) is 12.0. The largest absolute Gasteiger partial charge is 0.393 e. The van der Waals surface area contributed by atoms with Crippen LogP contribution in [0.1, 0.15) is 36.7 Å². The molecule has 1 aliphatic rings. The molecule has 1 N–H and O–H groups in total.